The standard InChI is InChI=1S/C11H14N2S/c1-14-10-6-3-2-5-9(10)11-12-7-4-8-13-11/h2-3,5-7,11,13H,4,8H2,1H3. The molecule has 1 aromatic carbocycles. The van der Waals surface area contributed by atoms with Crippen LogP contribution in [-0.4, -0.2) is 19.0 Å². The van der Waals surface area contributed by atoms with Gasteiger partial charge >= 0.3 is 0 Å². The van der Waals surface area contributed by atoms with Crippen LogP contribution in [0, 0.1) is 0 Å². The van der Waals surface area contributed by atoms with Gasteiger partial charge in [-0.3, -0.25) is 10.3 Å². The Kier molecular flexibility index (Phi) is 3.22. The van der Waals surface area contributed by atoms with Crippen LogP contribution in [0.2, 0.25) is 0 Å². The molecule has 0 aliphatic carbocycles. The van der Waals surface area contributed by atoms with Gasteiger partial charge in [-0.1, -0.05) is 18.2 Å². The smallest absolute Gasteiger partial charge is 0.126 e. The maximum Gasteiger partial charge on any atom is 0.126 e. The number of hydrogen-bond acceptors (Lipinski definition) is 3. The fourth-order valence-corrected chi connectivity index (χ4v) is 2.23. The van der Waals surface area contributed by atoms with Crippen molar-refractivity contribution in [3.05, 3.63) is 29.8 Å². The maximum atomic E-state index is 4.46. The maximum absolute atomic E-state index is 4.46. The van der Waals surface area contributed by atoms with Crippen LogP contribution < -0.4 is 5.32 Å². The second-order valence-electron chi connectivity index (χ2n) is 3.22. The molecule has 74 valence electrons. The summed E-state index contributed by atoms with van der Waals surface area (Å²) in [6.07, 6.45) is 5.31. The third-order valence-corrected chi connectivity index (χ3v) is 3.11. The van der Waals surface area contributed by atoms with Crippen LogP contribution >= 0.6 is 11.8 Å². The topological polar surface area (TPSA) is 24.4 Å². The number of thioether (sulfide) groups is 1. The molecule has 0 aromatic heterocycles. The third kappa shape index (κ3) is 1.99. The zero-order valence-corrected chi connectivity index (χ0v) is 9.05. The molecule has 0 saturated carbocycles. The van der Waals surface area contributed by atoms with Crippen LogP contribution in [0.1, 0.15) is 18.2 Å². The summed E-state index contributed by atoms with van der Waals surface area (Å²) >= 11 is 1.78. The highest BCUT2D eigenvalue weighted by atomic mass is 32.2. The van der Waals surface area contributed by atoms with Gasteiger partial charge in [-0.25, -0.2) is 0 Å². The zero-order chi connectivity index (χ0) is 9.80. The lowest BCUT2D eigenvalue weighted by atomic mass is 10.1. The van der Waals surface area contributed by atoms with Crippen LogP contribution in [0.3, 0.4) is 0 Å². The SMILES string of the molecule is CSc1ccccc1C1N=CCCN1. The molecule has 1 unspecified atom stereocenters. The van der Waals surface area contributed by atoms with Gasteiger partial charge in [-0.15, -0.1) is 11.8 Å². The number of nitrogens with zero attached hydrogens (tertiary/aromatic N) is 1. The monoisotopic (exact) mass is 206 g/mol. The van der Waals surface area contributed by atoms with Gasteiger partial charge in [0.05, 0.1) is 0 Å². The molecule has 2 rings (SSSR count). The van der Waals surface area contributed by atoms with Crippen molar-refractivity contribution >= 4 is 18.0 Å². The van der Waals surface area contributed by atoms with Crippen LogP contribution in [-0.2, 0) is 0 Å². The predicted octanol–water partition coefficient (Wildman–Crippen LogP) is 2.47. The van der Waals surface area contributed by atoms with Gasteiger partial charge in [0, 0.05) is 23.2 Å². The van der Waals surface area contributed by atoms with Gasteiger partial charge in [-0.2, -0.15) is 0 Å². The Labute approximate surface area is 88.8 Å². The van der Waals surface area contributed by atoms with Gasteiger partial charge in [-0.05, 0) is 18.7 Å². The Hall–Kier alpha value is -0.800. The minimum atomic E-state index is 0.160. The minimum Gasteiger partial charge on any atom is -0.292 e. The first-order valence-corrected chi connectivity index (χ1v) is 6.02. The predicted molar refractivity (Wildman–Crippen MR) is 62.1 cm³/mol. The van der Waals surface area contributed by atoms with Crippen LogP contribution in [0.5, 0.6) is 0 Å². The van der Waals surface area contributed by atoms with Crippen LogP contribution in [0.15, 0.2) is 34.2 Å². The van der Waals surface area contributed by atoms with Crippen molar-refractivity contribution in [2.24, 2.45) is 4.99 Å². The van der Waals surface area contributed by atoms with E-state index in [9.17, 15) is 0 Å². The molecule has 0 bridgehead atoms. The molecule has 1 aliphatic rings. The summed E-state index contributed by atoms with van der Waals surface area (Å²) in [5.41, 5.74) is 1.29. The summed E-state index contributed by atoms with van der Waals surface area (Å²) in [6, 6.07) is 8.43. The van der Waals surface area contributed by atoms with E-state index in [0.29, 0.717) is 0 Å². The largest absolute Gasteiger partial charge is 0.292 e. The first-order chi connectivity index (χ1) is 6.92. The summed E-state index contributed by atoms with van der Waals surface area (Å²) in [5, 5.41) is 3.40. The van der Waals surface area contributed by atoms with E-state index >= 15 is 0 Å². The first-order valence-electron chi connectivity index (χ1n) is 4.80. The van der Waals surface area contributed by atoms with E-state index in [2.05, 4.69) is 40.8 Å². The molecule has 0 radical (unpaired) electrons. The van der Waals surface area contributed by atoms with Crippen molar-refractivity contribution < 1.29 is 0 Å². The Morgan fingerprint density at radius 2 is 2.29 bits per heavy atom. The van der Waals surface area contributed by atoms with E-state index in [0.717, 1.165) is 13.0 Å². The lowest BCUT2D eigenvalue weighted by Crippen LogP contribution is -2.25. The van der Waals surface area contributed by atoms with Crippen molar-refractivity contribution in [1.29, 1.82) is 0 Å². The molecule has 1 aromatic rings. The van der Waals surface area contributed by atoms with Crippen molar-refractivity contribution in [3.8, 4) is 0 Å². The molecule has 1 atom stereocenters. The quantitative estimate of drug-likeness (QED) is 0.752. The fourth-order valence-electron chi connectivity index (χ4n) is 1.60. The molecule has 14 heavy (non-hydrogen) atoms. The molecular weight excluding hydrogens is 192 g/mol. The average Bonchev–Trinajstić information content (AvgIpc) is 2.30. The minimum absolute atomic E-state index is 0.160. The fraction of sp³-hybridized carbons (Fsp3) is 0.364. The summed E-state index contributed by atoms with van der Waals surface area (Å²) in [4.78, 5) is 5.77. The molecule has 1 N–H and O–H groups in total. The van der Waals surface area contributed by atoms with E-state index < -0.39 is 0 Å². The van der Waals surface area contributed by atoms with E-state index in [-0.39, 0.29) is 6.17 Å². The molecule has 0 spiro atoms. The van der Waals surface area contributed by atoms with E-state index in [4.69, 9.17) is 0 Å². The van der Waals surface area contributed by atoms with Crippen molar-refractivity contribution in [2.45, 2.75) is 17.5 Å². The molecule has 0 fully saturated rings. The normalized spacial score (nSPS) is 21.1. The lowest BCUT2D eigenvalue weighted by molar-refractivity contribution is 0.540. The van der Waals surface area contributed by atoms with E-state index in [1.165, 1.54) is 10.5 Å². The molecule has 1 aliphatic heterocycles. The second kappa shape index (κ2) is 4.62. The number of rotatable bonds is 2. The molecule has 2 nitrogen and oxygen atoms in total. The van der Waals surface area contributed by atoms with Gasteiger partial charge in [0.15, 0.2) is 0 Å². The van der Waals surface area contributed by atoms with Crippen LogP contribution in [0.25, 0.3) is 0 Å². The summed E-state index contributed by atoms with van der Waals surface area (Å²) in [6.45, 7) is 1.02. The highest BCUT2D eigenvalue weighted by molar-refractivity contribution is 7.98. The number of benzene rings is 1. The summed E-state index contributed by atoms with van der Waals surface area (Å²) in [7, 11) is 0. The number of nitrogens with one attached hydrogen (secondary N) is 1. The average molecular weight is 206 g/mol. The van der Waals surface area contributed by atoms with Gasteiger partial charge in [0.2, 0.25) is 0 Å². The summed E-state index contributed by atoms with van der Waals surface area (Å²) in [5.74, 6) is 0. The Bertz CT molecular complexity index is 336. The first kappa shape index (κ1) is 9.74. The highest BCUT2D eigenvalue weighted by Crippen LogP contribution is 2.26. The lowest BCUT2D eigenvalue weighted by Gasteiger charge is -2.20. The van der Waals surface area contributed by atoms with E-state index in [1.54, 1.807) is 11.8 Å². The Balaban J connectivity index is 2.29. The van der Waals surface area contributed by atoms with Crippen molar-refractivity contribution in [2.75, 3.05) is 12.8 Å². The van der Waals surface area contributed by atoms with Gasteiger partial charge in [0.1, 0.15) is 6.17 Å². The van der Waals surface area contributed by atoms with Crippen molar-refractivity contribution in [3.63, 3.8) is 0 Å². The molecule has 3 heteroatoms. The number of aliphatic imine (C=N–C) groups is 1. The second-order valence-corrected chi connectivity index (χ2v) is 4.07. The molecule has 0 saturated heterocycles. The third-order valence-electron chi connectivity index (χ3n) is 2.30. The Morgan fingerprint density at radius 3 is 3.00 bits per heavy atom. The zero-order valence-electron chi connectivity index (χ0n) is 8.23. The van der Waals surface area contributed by atoms with Gasteiger partial charge < -0.3 is 0 Å². The summed E-state index contributed by atoms with van der Waals surface area (Å²) < 4.78 is 0. The molecule has 1 heterocycles. The van der Waals surface area contributed by atoms with Crippen LogP contribution in [0.4, 0.5) is 0 Å². The van der Waals surface area contributed by atoms with Crippen molar-refractivity contribution in [1.82, 2.24) is 5.32 Å². The number of hydrogen-bond donors (Lipinski definition) is 1. The Morgan fingerprint density at radius 1 is 1.43 bits per heavy atom. The van der Waals surface area contributed by atoms with E-state index in [1.807, 2.05) is 6.21 Å². The molecular formula is C11H14N2S. The molecule has 0 amide bonds. The highest BCUT2D eigenvalue weighted by Gasteiger charge is 2.13. The van der Waals surface area contributed by atoms with Gasteiger partial charge in [0.25, 0.3) is 0 Å².